The summed E-state index contributed by atoms with van der Waals surface area (Å²) in [4.78, 5) is 4.19. The third-order valence-electron chi connectivity index (χ3n) is 2.16. The van der Waals surface area contributed by atoms with E-state index in [1.807, 2.05) is 32.9 Å². The van der Waals surface area contributed by atoms with Crippen molar-refractivity contribution in [2.75, 3.05) is 13.2 Å². The summed E-state index contributed by atoms with van der Waals surface area (Å²) in [6.45, 7) is 7.08. The van der Waals surface area contributed by atoms with Crippen molar-refractivity contribution in [3.63, 3.8) is 0 Å². The van der Waals surface area contributed by atoms with E-state index in [2.05, 4.69) is 4.98 Å². The minimum Gasteiger partial charge on any atom is -0.472 e. The van der Waals surface area contributed by atoms with Gasteiger partial charge in [0.2, 0.25) is 5.88 Å². The van der Waals surface area contributed by atoms with E-state index in [1.54, 1.807) is 6.20 Å². The Morgan fingerprint density at radius 2 is 2.19 bits per heavy atom. The lowest BCUT2D eigenvalue weighted by atomic mass is 10.1. The monoisotopic (exact) mass is 224 g/mol. The summed E-state index contributed by atoms with van der Waals surface area (Å²) in [5, 5.41) is 0. The molecule has 0 saturated carbocycles. The first-order chi connectivity index (χ1) is 7.65. The highest BCUT2D eigenvalue weighted by Crippen LogP contribution is 2.21. The van der Waals surface area contributed by atoms with Crippen LogP contribution in [0, 0.1) is 0 Å². The molecule has 90 valence electrons. The van der Waals surface area contributed by atoms with Crippen LogP contribution in [0.15, 0.2) is 18.3 Å². The van der Waals surface area contributed by atoms with Gasteiger partial charge in [-0.15, -0.1) is 0 Å². The number of rotatable bonds is 6. The first kappa shape index (κ1) is 12.9. The molecule has 0 saturated heterocycles. The predicted molar refractivity (Wildman–Crippen MR) is 63.4 cm³/mol. The van der Waals surface area contributed by atoms with Crippen LogP contribution in [0.3, 0.4) is 0 Å². The summed E-state index contributed by atoms with van der Waals surface area (Å²) in [5.74, 6) is 0.602. The van der Waals surface area contributed by atoms with Gasteiger partial charge in [-0.2, -0.15) is 0 Å². The molecule has 1 heterocycles. The third-order valence-corrected chi connectivity index (χ3v) is 2.16. The number of ether oxygens (including phenoxy) is 2. The number of nitrogens with two attached hydrogens (primary N) is 1. The minimum atomic E-state index is -0.0806. The van der Waals surface area contributed by atoms with Crippen molar-refractivity contribution in [1.29, 1.82) is 0 Å². The molecule has 1 rings (SSSR count). The number of hydrogen-bond donors (Lipinski definition) is 1. The molecule has 0 radical (unpaired) electrons. The first-order valence-corrected chi connectivity index (χ1v) is 5.60. The Morgan fingerprint density at radius 1 is 1.44 bits per heavy atom. The van der Waals surface area contributed by atoms with E-state index in [0.29, 0.717) is 19.1 Å². The van der Waals surface area contributed by atoms with Gasteiger partial charge < -0.3 is 15.2 Å². The molecule has 1 aromatic heterocycles. The normalized spacial score (nSPS) is 14.5. The van der Waals surface area contributed by atoms with E-state index in [1.165, 1.54) is 0 Å². The molecule has 2 unspecified atom stereocenters. The molecule has 2 atom stereocenters. The molecular weight excluding hydrogens is 204 g/mol. The van der Waals surface area contributed by atoms with Crippen molar-refractivity contribution in [2.24, 2.45) is 5.73 Å². The fourth-order valence-corrected chi connectivity index (χ4v) is 1.36. The summed E-state index contributed by atoms with van der Waals surface area (Å²) in [7, 11) is 0. The van der Waals surface area contributed by atoms with Gasteiger partial charge in [0.05, 0.1) is 6.61 Å². The Bertz CT molecular complexity index is 316. The van der Waals surface area contributed by atoms with Crippen LogP contribution in [-0.4, -0.2) is 24.3 Å². The maximum Gasteiger partial charge on any atom is 0.218 e. The van der Waals surface area contributed by atoms with Gasteiger partial charge in [-0.1, -0.05) is 6.07 Å². The van der Waals surface area contributed by atoms with Gasteiger partial charge in [0.1, 0.15) is 6.10 Å². The van der Waals surface area contributed by atoms with Crippen LogP contribution >= 0.6 is 0 Å². The average Bonchev–Trinajstić information content (AvgIpc) is 2.27. The molecule has 0 fully saturated rings. The quantitative estimate of drug-likeness (QED) is 0.802. The van der Waals surface area contributed by atoms with Gasteiger partial charge in [-0.05, 0) is 26.8 Å². The zero-order valence-electron chi connectivity index (χ0n) is 10.1. The second kappa shape index (κ2) is 6.45. The molecule has 16 heavy (non-hydrogen) atoms. The van der Waals surface area contributed by atoms with Gasteiger partial charge in [0.15, 0.2) is 0 Å². The van der Waals surface area contributed by atoms with Crippen LogP contribution in [0.1, 0.15) is 32.4 Å². The Labute approximate surface area is 96.8 Å². The molecule has 0 aliphatic heterocycles. The maximum atomic E-state index is 5.84. The van der Waals surface area contributed by atoms with Crippen LogP contribution in [0.4, 0.5) is 0 Å². The molecule has 0 amide bonds. The largest absolute Gasteiger partial charge is 0.472 e. The Hall–Kier alpha value is -1.13. The van der Waals surface area contributed by atoms with E-state index in [0.717, 1.165) is 5.56 Å². The standard InChI is InChI=1S/C12H20N2O2/c1-4-15-8-9(2)16-12-11(10(3)13)6-5-7-14-12/h5-7,9-10H,4,8,13H2,1-3H3. The molecule has 1 aromatic rings. The van der Waals surface area contributed by atoms with E-state index >= 15 is 0 Å². The molecular formula is C12H20N2O2. The summed E-state index contributed by atoms with van der Waals surface area (Å²) in [5.41, 5.74) is 6.76. The highest BCUT2D eigenvalue weighted by molar-refractivity contribution is 5.28. The second-order valence-corrected chi connectivity index (χ2v) is 3.77. The fourth-order valence-electron chi connectivity index (χ4n) is 1.36. The zero-order chi connectivity index (χ0) is 12.0. The molecule has 0 spiro atoms. The number of hydrogen-bond acceptors (Lipinski definition) is 4. The molecule has 0 aliphatic rings. The molecule has 0 aliphatic carbocycles. The molecule has 4 nitrogen and oxygen atoms in total. The lowest BCUT2D eigenvalue weighted by molar-refractivity contribution is 0.0626. The van der Waals surface area contributed by atoms with E-state index in [9.17, 15) is 0 Å². The second-order valence-electron chi connectivity index (χ2n) is 3.77. The van der Waals surface area contributed by atoms with Crippen molar-refractivity contribution in [3.8, 4) is 5.88 Å². The molecule has 4 heteroatoms. The molecule has 0 bridgehead atoms. The minimum absolute atomic E-state index is 0.0210. The molecule has 2 N–H and O–H groups in total. The topological polar surface area (TPSA) is 57.4 Å². The Morgan fingerprint density at radius 3 is 2.81 bits per heavy atom. The number of pyridine rings is 1. The zero-order valence-corrected chi connectivity index (χ0v) is 10.1. The maximum absolute atomic E-state index is 5.84. The predicted octanol–water partition coefficient (Wildman–Crippen LogP) is 1.91. The van der Waals surface area contributed by atoms with Gasteiger partial charge in [-0.25, -0.2) is 4.98 Å². The van der Waals surface area contributed by atoms with Gasteiger partial charge in [0, 0.05) is 24.4 Å². The van der Waals surface area contributed by atoms with Gasteiger partial charge in [0.25, 0.3) is 0 Å². The number of aromatic nitrogens is 1. The van der Waals surface area contributed by atoms with E-state index in [-0.39, 0.29) is 12.1 Å². The van der Waals surface area contributed by atoms with Crippen molar-refractivity contribution in [2.45, 2.75) is 32.9 Å². The lowest BCUT2D eigenvalue weighted by Gasteiger charge is -2.17. The summed E-state index contributed by atoms with van der Waals surface area (Å²) in [6.07, 6.45) is 1.68. The molecule has 0 aromatic carbocycles. The highest BCUT2D eigenvalue weighted by Gasteiger charge is 2.11. The van der Waals surface area contributed by atoms with Crippen LogP contribution in [0.5, 0.6) is 5.88 Å². The van der Waals surface area contributed by atoms with Crippen LogP contribution < -0.4 is 10.5 Å². The van der Waals surface area contributed by atoms with Crippen LogP contribution in [0.25, 0.3) is 0 Å². The van der Waals surface area contributed by atoms with E-state index in [4.69, 9.17) is 15.2 Å². The highest BCUT2D eigenvalue weighted by atomic mass is 16.5. The third kappa shape index (κ3) is 3.79. The summed E-state index contributed by atoms with van der Waals surface area (Å²) < 4.78 is 11.0. The fraction of sp³-hybridized carbons (Fsp3) is 0.583. The summed E-state index contributed by atoms with van der Waals surface area (Å²) >= 11 is 0. The number of nitrogens with zero attached hydrogens (tertiary/aromatic N) is 1. The SMILES string of the molecule is CCOCC(C)Oc1ncccc1C(C)N. The average molecular weight is 224 g/mol. The Kier molecular flexibility index (Phi) is 5.22. The van der Waals surface area contributed by atoms with Crippen molar-refractivity contribution in [3.05, 3.63) is 23.9 Å². The summed E-state index contributed by atoms with van der Waals surface area (Å²) in [6, 6.07) is 3.71. The lowest BCUT2D eigenvalue weighted by Crippen LogP contribution is -2.21. The van der Waals surface area contributed by atoms with E-state index < -0.39 is 0 Å². The van der Waals surface area contributed by atoms with Crippen molar-refractivity contribution < 1.29 is 9.47 Å². The van der Waals surface area contributed by atoms with Gasteiger partial charge >= 0.3 is 0 Å². The van der Waals surface area contributed by atoms with Crippen LogP contribution in [-0.2, 0) is 4.74 Å². The van der Waals surface area contributed by atoms with Crippen LogP contribution in [0.2, 0.25) is 0 Å². The first-order valence-electron chi connectivity index (χ1n) is 5.60. The smallest absolute Gasteiger partial charge is 0.218 e. The van der Waals surface area contributed by atoms with Crippen molar-refractivity contribution in [1.82, 2.24) is 4.98 Å². The van der Waals surface area contributed by atoms with Gasteiger partial charge in [-0.3, -0.25) is 0 Å². The van der Waals surface area contributed by atoms with Crippen molar-refractivity contribution >= 4 is 0 Å². The Balaban J connectivity index is 2.65.